The Hall–Kier alpha value is -0.990. The van der Waals surface area contributed by atoms with E-state index in [1.54, 1.807) is 10.8 Å². The smallest absolute Gasteiger partial charge is 0.313 e. The molecule has 3 nitrogen and oxygen atoms in total. The van der Waals surface area contributed by atoms with Gasteiger partial charge in [-0.25, -0.2) is 4.79 Å². The quantitative estimate of drug-likeness (QED) is 0.698. The first-order chi connectivity index (χ1) is 6.75. The van der Waals surface area contributed by atoms with E-state index in [1.807, 2.05) is 6.20 Å². The van der Waals surface area contributed by atoms with Gasteiger partial charge < -0.3 is 4.98 Å². The van der Waals surface area contributed by atoms with Crippen LogP contribution in [0.2, 0.25) is 0 Å². The Bertz CT molecular complexity index is 300. The van der Waals surface area contributed by atoms with E-state index in [1.165, 1.54) is 25.7 Å². The zero-order valence-corrected chi connectivity index (χ0v) is 9.12. The van der Waals surface area contributed by atoms with Gasteiger partial charge >= 0.3 is 5.69 Å². The average molecular weight is 196 g/mol. The van der Waals surface area contributed by atoms with Crippen molar-refractivity contribution < 1.29 is 0 Å². The Morgan fingerprint density at radius 1 is 1.43 bits per heavy atom. The fourth-order valence-corrected chi connectivity index (χ4v) is 1.68. The van der Waals surface area contributed by atoms with Gasteiger partial charge in [0.25, 0.3) is 0 Å². The predicted octanol–water partition coefficient (Wildman–Crippen LogP) is 2.71. The standard InChI is InChI=1S/C11H20N2O/c1-3-4-5-6-7-10(2)13-9-8-12-11(13)14/h8-10H,3-7H2,1-2H3,(H,12,14). The first-order valence-corrected chi connectivity index (χ1v) is 5.51. The van der Waals surface area contributed by atoms with Gasteiger partial charge in [0, 0.05) is 18.4 Å². The molecule has 0 saturated carbocycles. The van der Waals surface area contributed by atoms with Crippen LogP contribution in [-0.4, -0.2) is 9.55 Å². The molecular formula is C11H20N2O. The number of nitrogens with zero attached hydrogens (tertiary/aromatic N) is 1. The molecule has 0 saturated heterocycles. The van der Waals surface area contributed by atoms with Gasteiger partial charge in [0.2, 0.25) is 0 Å². The van der Waals surface area contributed by atoms with Crippen molar-refractivity contribution in [3.63, 3.8) is 0 Å². The summed E-state index contributed by atoms with van der Waals surface area (Å²) in [6, 6.07) is 0.325. The number of hydrogen-bond acceptors (Lipinski definition) is 1. The lowest BCUT2D eigenvalue weighted by Gasteiger charge is -2.11. The second-order valence-electron chi connectivity index (χ2n) is 3.87. The first kappa shape index (κ1) is 11.1. The highest BCUT2D eigenvalue weighted by atomic mass is 16.1. The van der Waals surface area contributed by atoms with Gasteiger partial charge in [-0.1, -0.05) is 32.6 Å². The van der Waals surface area contributed by atoms with Crippen LogP contribution in [0.15, 0.2) is 17.2 Å². The third-order valence-electron chi connectivity index (χ3n) is 2.63. The minimum absolute atomic E-state index is 0.00740. The number of hydrogen-bond donors (Lipinski definition) is 1. The molecule has 1 unspecified atom stereocenters. The minimum atomic E-state index is 0.00740. The second-order valence-corrected chi connectivity index (χ2v) is 3.87. The second kappa shape index (κ2) is 5.68. The van der Waals surface area contributed by atoms with Crippen LogP contribution in [0, 0.1) is 0 Å². The Labute approximate surface area is 85.2 Å². The highest BCUT2D eigenvalue weighted by molar-refractivity contribution is 4.79. The van der Waals surface area contributed by atoms with Gasteiger partial charge in [-0.2, -0.15) is 0 Å². The van der Waals surface area contributed by atoms with E-state index in [0.29, 0.717) is 6.04 Å². The van der Waals surface area contributed by atoms with Crippen LogP contribution in [0.25, 0.3) is 0 Å². The maximum atomic E-state index is 11.3. The number of imidazole rings is 1. The van der Waals surface area contributed by atoms with E-state index in [4.69, 9.17) is 0 Å². The monoisotopic (exact) mass is 196 g/mol. The number of nitrogens with one attached hydrogen (secondary N) is 1. The van der Waals surface area contributed by atoms with E-state index in [9.17, 15) is 4.79 Å². The molecule has 0 bridgehead atoms. The van der Waals surface area contributed by atoms with Crippen molar-refractivity contribution in [2.45, 2.75) is 52.0 Å². The Morgan fingerprint density at radius 3 is 2.79 bits per heavy atom. The molecule has 0 aliphatic carbocycles. The summed E-state index contributed by atoms with van der Waals surface area (Å²) in [4.78, 5) is 13.9. The summed E-state index contributed by atoms with van der Waals surface area (Å²) in [5.41, 5.74) is 0.00740. The fraction of sp³-hybridized carbons (Fsp3) is 0.727. The van der Waals surface area contributed by atoms with Crippen LogP contribution in [0.1, 0.15) is 52.0 Å². The molecule has 0 fully saturated rings. The van der Waals surface area contributed by atoms with Crippen molar-refractivity contribution in [3.8, 4) is 0 Å². The summed E-state index contributed by atoms with van der Waals surface area (Å²) >= 11 is 0. The SMILES string of the molecule is CCCCCCC(C)n1cc[nH]c1=O. The molecule has 1 aromatic heterocycles. The largest absolute Gasteiger partial charge is 0.325 e. The maximum absolute atomic E-state index is 11.3. The molecule has 0 aliphatic heterocycles. The summed E-state index contributed by atoms with van der Waals surface area (Å²) in [5, 5.41) is 0. The number of unbranched alkanes of at least 4 members (excludes halogenated alkanes) is 3. The van der Waals surface area contributed by atoms with Crippen molar-refractivity contribution in [3.05, 3.63) is 22.9 Å². The Morgan fingerprint density at radius 2 is 2.21 bits per heavy atom. The Balaban J connectivity index is 2.32. The zero-order valence-electron chi connectivity index (χ0n) is 9.12. The fourth-order valence-electron chi connectivity index (χ4n) is 1.68. The number of aromatic nitrogens is 2. The minimum Gasteiger partial charge on any atom is -0.313 e. The van der Waals surface area contributed by atoms with Crippen molar-refractivity contribution in [1.82, 2.24) is 9.55 Å². The van der Waals surface area contributed by atoms with Crippen LogP contribution >= 0.6 is 0 Å². The third-order valence-corrected chi connectivity index (χ3v) is 2.63. The summed E-state index contributed by atoms with van der Waals surface area (Å²) < 4.78 is 1.77. The molecule has 1 atom stereocenters. The molecule has 14 heavy (non-hydrogen) atoms. The van der Waals surface area contributed by atoms with Crippen molar-refractivity contribution >= 4 is 0 Å². The summed E-state index contributed by atoms with van der Waals surface area (Å²) in [6.07, 6.45) is 9.68. The van der Waals surface area contributed by atoms with Crippen molar-refractivity contribution in [1.29, 1.82) is 0 Å². The first-order valence-electron chi connectivity index (χ1n) is 5.51. The number of rotatable bonds is 6. The molecule has 0 radical (unpaired) electrons. The van der Waals surface area contributed by atoms with Crippen LogP contribution in [0.4, 0.5) is 0 Å². The van der Waals surface area contributed by atoms with Crippen molar-refractivity contribution in [2.75, 3.05) is 0 Å². The molecule has 0 aliphatic rings. The van der Waals surface area contributed by atoms with Crippen LogP contribution in [0.5, 0.6) is 0 Å². The van der Waals surface area contributed by atoms with Gasteiger partial charge in [0.15, 0.2) is 0 Å². The molecule has 80 valence electrons. The lowest BCUT2D eigenvalue weighted by atomic mass is 10.1. The lowest BCUT2D eigenvalue weighted by Crippen LogP contribution is -2.19. The number of H-pyrrole nitrogens is 1. The van der Waals surface area contributed by atoms with Gasteiger partial charge in [0.05, 0.1) is 0 Å². The molecule has 0 spiro atoms. The van der Waals surface area contributed by atoms with E-state index >= 15 is 0 Å². The van der Waals surface area contributed by atoms with E-state index in [0.717, 1.165) is 6.42 Å². The molecule has 1 heterocycles. The Kier molecular flexibility index (Phi) is 4.50. The van der Waals surface area contributed by atoms with E-state index in [-0.39, 0.29) is 5.69 Å². The normalized spacial score (nSPS) is 13.0. The molecule has 1 aromatic rings. The topological polar surface area (TPSA) is 37.8 Å². The van der Waals surface area contributed by atoms with Gasteiger partial charge in [0.1, 0.15) is 0 Å². The zero-order chi connectivity index (χ0) is 10.4. The van der Waals surface area contributed by atoms with E-state index in [2.05, 4.69) is 18.8 Å². The molecule has 1 N–H and O–H groups in total. The molecule has 1 rings (SSSR count). The van der Waals surface area contributed by atoms with E-state index < -0.39 is 0 Å². The predicted molar refractivity (Wildman–Crippen MR) is 58.5 cm³/mol. The molecule has 3 heteroatoms. The van der Waals surface area contributed by atoms with Gasteiger partial charge in [-0.05, 0) is 13.3 Å². The average Bonchev–Trinajstić information content (AvgIpc) is 2.59. The third kappa shape index (κ3) is 3.05. The molecule has 0 amide bonds. The highest BCUT2D eigenvalue weighted by Crippen LogP contribution is 2.13. The summed E-state index contributed by atoms with van der Waals surface area (Å²) in [5.74, 6) is 0. The number of aromatic amines is 1. The lowest BCUT2D eigenvalue weighted by molar-refractivity contribution is 0.462. The maximum Gasteiger partial charge on any atom is 0.325 e. The van der Waals surface area contributed by atoms with Crippen LogP contribution in [0.3, 0.4) is 0 Å². The molecular weight excluding hydrogens is 176 g/mol. The van der Waals surface area contributed by atoms with Crippen LogP contribution < -0.4 is 5.69 Å². The van der Waals surface area contributed by atoms with Gasteiger partial charge in [-0.15, -0.1) is 0 Å². The summed E-state index contributed by atoms with van der Waals surface area (Å²) in [7, 11) is 0. The van der Waals surface area contributed by atoms with Crippen molar-refractivity contribution in [2.24, 2.45) is 0 Å². The van der Waals surface area contributed by atoms with Gasteiger partial charge in [-0.3, -0.25) is 4.57 Å². The molecule has 0 aromatic carbocycles. The van der Waals surface area contributed by atoms with Crippen LogP contribution in [-0.2, 0) is 0 Å². The summed E-state index contributed by atoms with van der Waals surface area (Å²) in [6.45, 7) is 4.31. The highest BCUT2D eigenvalue weighted by Gasteiger charge is 2.05.